The summed E-state index contributed by atoms with van der Waals surface area (Å²) in [6, 6.07) is 19.6. The van der Waals surface area contributed by atoms with Crippen molar-refractivity contribution in [1.82, 2.24) is 20.1 Å². The van der Waals surface area contributed by atoms with Crippen molar-refractivity contribution >= 4 is 32.4 Å². The number of sulfonamides is 1. The molecule has 8 nitrogen and oxygen atoms in total. The molecule has 1 atom stereocenters. The van der Waals surface area contributed by atoms with Gasteiger partial charge in [-0.3, -0.25) is 13.8 Å². The Kier molecular flexibility index (Phi) is 4.67. The third-order valence-corrected chi connectivity index (χ3v) is 7.14. The number of anilines is 1. The quantitative estimate of drug-likeness (QED) is 0.504. The first kappa shape index (κ1) is 19.3. The number of hydrogen-bond acceptors (Lipinski definition) is 5. The van der Waals surface area contributed by atoms with Crippen LogP contribution in [0, 0.1) is 0 Å². The number of rotatable bonds is 6. The Hall–Kier alpha value is -3.72. The van der Waals surface area contributed by atoms with Gasteiger partial charge in [-0.1, -0.05) is 54.6 Å². The first-order valence-electron chi connectivity index (χ1n) is 9.75. The molecule has 0 spiro atoms. The van der Waals surface area contributed by atoms with Gasteiger partial charge in [0.2, 0.25) is 5.91 Å². The summed E-state index contributed by atoms with van der Waals surface area (Å²) in [5.41, 5.74) is 1.41. The lowest BCUT2D eigenvalue weighted by Gasteiger charge is -2.22. The second-order valence-corrected chi connectivity index (χ2v) is 9.12. The van der Waals surface area contributed by atoms with Crippen LogP contribution >= 0.6 is 0 Å². The van der Waals surface area contributed by atoms with Crippen molar-refractivity contribution in [3.05, 3.63) is 84.9 Å². The Morgan fingerprint density at radius 1 is 1.00 bits per heavy atom. The second kappa shape index (κ2) is 7.51. The van der Waals surface area contributed by atoms with E-state index in [1.54, 1.807) is 35.3 Å². The summed E-state index contributed by atoms with van der Waals surface area (Å²) in [6.45, 7) is 0.0646. The molecule has 5 rings (SSSR count). The van der Waals surface area contributed by atoms with Crippen LogP contribution in [0.15, 0.2) is 84.3 Å². The molecule has 2 heterocycles. The molecule has 1 aromatic heterocycles. The van der Waals surface area contributed by atoms with Gasteiger partial charge in [0.25, 0.3) is 10.0 Å². The van der Waals surface area contributed by atoms with Gasteiger partial charge in [0, 0.05) is 5.39 Å². The maximum absolute atomic E-state index is 13.1. The number of nitrogens with zero attached hydrogens (tertiary/aromatic N) is 4. The van der Waals surface area contributed by atoms with Crippen molar-refractivity contribution in [2.75, 3.05) is 10.8 Å². The summed E-state index contributed by atoms with van der Waals surface area (Å²) >= 11 is 0. The van der Waals surface area contributed by atoms with Crippen molar-refractivity contribution in [3.63, 3.8) is 0 Å². The SMILES string of the molecule is O=C(CN1c2cccc3cccc(c23)S1(=O)=O)NC(Cn1cncn1)c1ccccc1. The van der Waals surface area contributed by atoms with Gasteiger partial charge >= 0.3 is 0 Å². The first-order chi connectivity index (χ1) is 15.0. The molecule has 0 fully saturated rings. The van der Waals surface area contributed by atoms with Crippen LogP contribution in [0.3, 0.4) is 0 Å². The molecule has 1 aliphatic heterocycles. The highest BCUT2D eigenvalue weighted by Gasteiger charge is 2.36. The second-order valence-electron chi connectivity index (χ2n) is 7.29. The zero-order valence-electron chi connectivity index (χ0n) is 16.4. The van der Waals surface area contributed by atoms with Crippen LogP contribution in [0.4, 0.5) is 5.69 Å². The van der Waals surface area contributed by atoms with Gasteiger partial charge < -0.3 is 5.32 Å². The highest BCUT2D eigenvalue weighted by molar-refractivity contribution is 7.93. The fourth-order valence-corrected chi connectivity index (χ4v) is 5.60. The van der Waals surface area contributed by atoms with E-state index in [0.717, 1.165) is 10.9 Å². The molecule has 9 heteroatoms. The summed E-state index contributed by atoms with van der Waals surface area (Å²) in [5.74, 6) is -0.401. The molecule has 3 aromatic carbocycles. The molecule has 0 saturated heterocycles. The zero-order valence-corrected chi connectivity index (χ0v) is 17.2. The smallest absolute Gasteiger partial charge is 0.265 e. The molecule has 31 heavy (non-hydrogen) atoms. The molecular formula is C22H19N5O3S. The molecule has 1 amide bonds. The van der Waals surface area contributed by atoms with Crippen LogP contribution < -0.4 is 9.62 Å². The third kappa shape index (κ3) is 3.42. The molecule has 4 aromatic rings. The maximum atomic E-state index is 13.1. The van der Waals surface area contributed by atoms with Crippen LogP contribution in [-0.4, -0.2) is 35.6 Å². The fourth-order valence-electron chi connectivity index (χ4n) is 3.93. The summed E-state index contributed by atoms with van der Waals surface area (Å²) in [6.07, 6.45) is 3.00. The van der Waals surface area contributed by atoms with Gasteiger partial charge in [-0.2, -0.15) is 5.10 Å². The average molecular weight is 433 g/mol. The minimum absolute atomic E-state index is 0.232. The molecule has 1 unspecified atom stereocenters. The van der Waals surface area contributed by atoms with E-state index < -0.39 is 15.9 Å². The predicted molar refractivity (Wildman–Crippen MR) is 116 cm³/mol. The van der Waals surface area contributed by atoms with Crippen molar-refractivity contribution < 1.29 is 13.2 Å². The van der Waals surface area contributed by atoms with E-state index >= 15 is 0 Å². The number of amides is 1. The lowest BCUT2D eigenvalue weighted by atomic mass is 10.1. The van der Waals surface area contributed by atoms with Crippen molar-refractivity contribution in [2.24, 2.45) is 0 Å². The lowest BCUT2D eigenvalue weighted by molar-refractivity contribution is -0.120. The van der Waals surface area contributed by atoms with E-state index in [2.05, 4.69) is 15.4 Å². The number of nitrogens with one attached hydrogen (secondary N) is 1. The summed E-state index contributed by atoms with van der Waals surface area (Å²) in [4.78, 5) is 17.2. The largest absolute Gasteiger partial charge is 0.346 e. The number of hydrogen-bond donors (Lipinski definition) is 1. The first-order valence-corrected chi connectivity index (χ1v) is 11.2. The number of carbonyl (C=O) groups excluding carboxylic acids is 1. The number of benzene rings is 3. The average Bonchev–Trinajstić information content (AvgIpc) is 3.36. The minimum Gasteiger partial charge on any atom is -0.346 e. The predicted octanol–water partition coefficient (Wildman–Crippen LogP) is 2.50. The Bertz CT molecular complexity index is 1350. The third-order valence-electron chi connectivity index (χ3n) is 5.34. The topological polar surface area (TPSA) is 97.2 Å². The Morgan fingerprint density at radius 2 is 1.77 bits per heavy atom. The van der Waals surface area contributed by atoms with E-state index in [-0.39, 0.29) is 17.5 Å². The van der Waals surface area contributed by atoms with Gasteiger partial charge in [-0.25, -0.2) is 13.4 Å². The van der Waals surface area contributed by atoms with Gasteiger partial charge in [0.1, 0.15) is 19.2 Å². The van der Waals surface area contributed by atoms with Gasteiger partial charge in [0.15, 0.2) is 0 Å². The van der Waals surface area contributed by atoms with E-state index in [9.17, 15) is 13.2 Å². The van der Waals surface area contributed by atoms with Gasteiger partial charge in [0.05, 0.1) is 23.2 Å². The number of aromatic nitrogens is 3. The molecular weight excluding hydrogens is 414 g/mol. The van der Waals surface area contributed by atoms with E-state index in [4.69, 9.17) is 0 Å². The summed E-state index contributed by atoms with van der Waals surface area (Å²) in [7, 11) is -3.80. The van der Waals surface area contributed by atoms with Crippen molar-refractivity contribution in [3.8, 4) is 0 Å². The monoisotopic (exact) mass is 433 g/mol. The van der Waals surface area contributed by atoms with Gasteiger partial charge in [-0.05, 0) is 23.1 Å². The lowest BCUT2D eigenvalue weighted by Crippen LogP contribution is -2.41. The summed E-state index contributed by atoms with van der Waals surface area (Å²) in [5, 5.41) is 8.56. The molecule has 156 valence electrons. The normalized spacial score (nSPS) is 15.2. The van der Waals surface area contributed by atoms with Crippen molar-refractivity contribution in [1.29, 1.82) is 0 Å². The van der Waals surface area contributed by atoms with Crippen LogP contribution in [-0.2, 0) is 21.4 Å². The maximum Gasteiger partial charge on any atom is 0.265 e. The molecule has 0 saturated carbocycles. The Morgan fingerprint density at radius 3 is 2.52 bits per heavy atom. The highest BCUT2D eigenvalue weighted by atomic mass is 32.2. The highest BCUT2D eigenvalue weighted by Crippen LogP contribution is 2.41. The molecule has 1 N–H and O–H groups in total. The van der Waals surface area contributed by atoms with Crippen LogP contribution in [0.5, 0.6) is 0 Å². The van der Waals surface area contributed by atoms with Crippen LogP contribution in [0.1, 0.15) is 11.6 Å². The molecule has 0 bridgehead atoms. The zero-order chi connectivity index (χ0) is 21.4. The standard InChI is InChI=1S/C22H19N5O3S/c28-21(25-18(12-26-15-23-14-24-26)16-6-2-1-3-7-16)13-27-19-10-4-8-17-9-5-11-20(22(17)19)31(27,29)30/h1-11,14-15,18H,12-13H2,(H,25,28). The summed E-state index contributed by atoms with van der Waals surface area (Å²) < 4.78 is 29.1. The van der Waals surface area contributed by atoms with E-state index in [1.807, 2.05) is 42.5 Å². The van der Waals surface area contributed by atoms with Crippen LogP contribution in [0.2, 0.25) is 0 Å². The van der Waals surface area contributed by atoms with Crippen LogP contribution in [0.25, 0.3) is 10.8 Å². The fraction of sp³-hybridized carbons (Fsp3) is 0.136. The van der Waals surface area contributed by atoms with Gasteiger partial charge in [-0.15, -0.1) is 0 Å². The Balaban J connectivity index is 1.42. The molecule has 1 aliphatic rings. The molecule has 0 aliphatic carbocycles. The minimum atomic E-state index is -3.80. The molecule has 0 radical (unpaired) electrons. The Labute approximate surface area is 179 Å². The number of carbonyl (C=O) groups is 1. The van der Waals surface area contributed by atoms with E-state index in [1.165, 1.54) is 10.6 Å². The van der Waals surface area contributed by atoms with Crippen molar-refractivity contribution in [2.45, 2.75) is 17.5 Å². The van der Waals surface area contributed by atoms with E-state index in [0.29, 0.717) is 17.6 Å².